The number of carbonyl (C=O) groups is 1. The molecule has 1 unspecified atom stereocenters. The summed E-state index contributed by atoms with van der Waals surface area (Å²) in [7, 11) is 0. The van der Waals surface area contributed by atoms with E-state index in [-0.39, 0.29) is 6.10 Å². The predicted molar refractivity (Wildman–Crippen MR) is 120 cm³/mol. The molecule has 29 heavy (non-hydrogen) atoms. The van der Waals surface area contributed by atoms with Crippen molar-refractivity contribution >= 4 is 28.5 Å². The van der Waals surface area contributed by atoms with Crippen molar-refractivity contribution in [1.82, 2.24) is 9.97 Å². The topological polar surface area (TPSA) is 70.2 Å². The van der Waals surface area contributed by atoms with Gasteiger partial charge in [0.05, 0.1) is 22.4 Å². The van der Waals surface area contributed by atoms with E-state index >= 15 is 0 Å². The van der Waals surface area contributed by atoms with E-state index in [1.807, 2.05) is 13.0 Å². The van der Waals surface area contributed by atoms with E-state index in [1.165, 1.54) is 32.1 Å². The van der Waals surface area contributed by atoms with E-state index in [0.717, 1.165) is 54.2 Å². The Kier molecular flexibility index (Phi) is 7.40. The number of aromatic amines is 1. The zero-order chi connectivity index (χ0) is 20.8. The van der Waals surface area contributed by atoms with Gasteiger partial charge in [-0.15, -0.1) is 0 Å². The Balaban J connectivity index is 1.90. The zero-order valence-corrected chi connectivity index (χ0v) is 18.4. The van der Waals surface area contributed by atoms with Crippen molar-refractivity contribution in [3.63, 3.8) is 0 Å². The molecule has 0 bridgehead atoms. The number of rotatable bonds is 8. The van der Waals surface area contributed by atoms with Gasteiger partial charge in [0, 0.05) is 19.0 Å². The summed E-state index contributed by atoms with van der Waals surface area (Å²) in [5.41, 5.74) is 3.70. The van der Waals surface area contributed by atoms with Crippen molar-refractivity contribution < 1.29 is 9.53 Å². The van der Waals surface area contributed by atoms with E-state index in [4.69, 9.17) is 9.72 Å². The van der Waals surface area contributed by atoms with Crippen LogP contribution in [0.25, 0.3) is 11.0 Å². The highest BCUT2D eigenvalue weighted by Gasteiger charge is 2.21. The summed E-state index contributed by atoms with van der Waals surface area (Å²) in [4.78, 5) is 23.1. The maximum absolute atomic E-state index is 12.5. The van der Waals surface area contributed by atoms with Gasteiger partial charge in [-0.1, -0.05) is 32.6 Å². The molecule has 1 aliphatic carbocycles. The normalized spacial score (nSPS) is 16.0. The van der Waals surface area contributed by atoms with Crippen LogP contribution in [0.15, 0.2) is 12.1 Å². The first kappa shape index (κ1) is 21.5. The summed E-state index contributed by atoms with van der Waals surface area (Å²) in [5, 5.41) is 2.98. The van der Waals surface area contributed by atoms with Gasteiger partial charge in [-0.3, -0.25) is 5.32 Å². The first-order chi connectivity index (χ1) is 14.0. The number of hydrogen-bond donors (Lipinski definition) is 2. The molecule has 1 atom stereocenters. The zero-order valence-electron chi connectivity index (χ0n) is 18.4. The van der Waals surface area contributed by atoms with Crippen LogP contribution in [-0.4, -0.2) is 35.3 Å². The van der Waals surface area contributed by atoms with Crippen molar-refractivity contribution in [3.05, 3.63) is 18.0 Å². The minimum Gasteiger partial charge on any atom is -0.446 e. The number of fused-ring (bicyclic) bond motifs is 1. The van der Waals surface area contributed by atoms with E-state index in [9.17, 15) is 4.79 Å². The number of benzene rings is 1. The van der Waals surface area contributed by atoms with Gasteiger partial charge in [0.25, 0.3) is 0 Å². The van der Waals surface area contributed by atoms with Gasteiger partial charge < -0.3 is 14.6 Å². The standard InChI is InChI=1S/C23H36N4O2/c1-5-11-16(4)29-23(28)26-20-14-18-19(15-21(20)27(6-2)7-3)25-22(24-18)17-12-9-8-10-13-17/h14-17H,5-13H2,1-4H3,(H,24,25)(H,26,28). The van der Waals surface area contributed by atoms with Gasteiger partial charge in [-0.25, -0.2) is 9.78 Å². The van der Waals surface area contributed by atoms with Gasteiger partial charge in [0.1, 0.15) is 11.9 Å². The minimum absolute atomic E-state index is 0.0920. The molecule has 3 rings (SSSR count). The van der Waals surface area contributed by atoms with Crippen molar-refractivity contribution in [1.29, 1.82) is 0 Å². The number of hydrogen-bond acceptors (Lipinski definition) is 4. The van der Waals surface area contributed by atoms with Crippen molar-refractivity contribution in [2.24, 2.45) is 0 Å². The molecule has 0 radical (unpaired) electrons. The number of amides is 1. The van der Waals surface area contributed by atoms with E-state index in [2.05, 4.69) is 42.0 Å². The molecule has 1 aromatic carbocycles. The van der Waals surface area contributed by atoms with Crippen LogP contribution in [0.4, 0.5) is 16.2 Å². The van der Waals surface area contributed by atoms with Crippen LogP contribution in [-0.2, 0) is 4.74 Å². The molecule has 6 heteroatoms. The van der Waals surface area contributed by atoms with Crippen molar-refractivity contribution in [2.75, 3.05) is 23.3 Å². The smallest absolute Gasteiger partial charge is 0.411 e. The maximum Gasteiger partial charge on any atom is 0.411 e. The Morgan fingerprint density at radius 3 is 2.62 bits per heavy atom. The summed E-state index contributed by atoms with van der Waals surface area (Å²) in [6.45, 7) is 9.99. The molecule has 0 spiro atoms. The SMILES string of the molecule is CCCC(C)OC(=O)Nc1cc2[nH]c(C3CCCCC3)nc2cc1N(CC)CC. The quantitative estimate of drug-likeness (QED) is 0.554. The number of imidazole rings is 1. The van der Waals surface area contributed by atoms with Crippen molar-refractivity contribution in [3.8, 4) is 0 Å². The third-order valence-corrected chi connectivity index (χ3v) is 5.95. The van der Waals surface area contributed by atoms with Gasteiger partial charge in [-0.2, -0.15) is 0 Å². The largest absolute Gasteiger partial charge is 0.446 e. The lowest BCUT2D eigenvalue weighted by Crippen LogP contribution is -2.25. The van der Waals surface area contributed by atoms with Crippen LogP contribution < -0.4 is 10.2 Å². The second-order valence-corrected chi connectivity index (χ2v) is 8.15. The second kappa shape index (κ2) is 9.99. The lowest BCUT2D eigenvalue weighted by atomic mass is 9.89. The summed E-state index contributed by atoms with van der Waals surface area (Å²) in [6.07, 6.45) is 7.66. The highest BCUT2D eigenvalue weighted by Crippen LogP contribution is 2.35. The number of aromatic nitrogens is 2. The van der Waals surface area contributed by atoms with Crippen LogP contribution in [0.2, 0.25) is 0 Å². The number of H-pyrrole nitrogens is 1. The molecule has 0 aliphatic heterocycles. The highest BCUT2D eigenvalue weighted by molar-refractivity contribution is 5.95. The van der Waals surface area contributed by atoms with Crippen LogP contribution in [0, 0.1) is 0 Å². The minimum atomic E-state index is -0.397. The molecule has 1 fully saturated rings. The van der Waals surface area contributed by atoms with Crippen LogP contribution >= 0.6 is 0 Å². The average molecular weight is 401 g/mol. The van der Waals surface area contributed by atoms with Crippen molar-refractivity contribution in [2.45, 2.75) is 84.7 Å². The lowest BCUT2D eigenvalue weighted by Gasteiger charge is -2.24. The predicted octanol–water partition coefficient (Wildman–Crippen LogP) is 6.19. The fourth-order valence-corrected chi connectivity index (χ4v) is 4.35. The molecule has 6 nitrogen and oxygen atoms in total. The van der Waals surface area contributed by atoms with E-state index in [1.54, 1.807) is 0 Å². The highest BCUT2D eigenvalue weighted by atomic mass is 16.6. The molecule has 2 N–H and O–H groups in total. The molecule has 2 aromatic rings. The summed E-state index contributed by atoms with van der Waals surface area (Å²) in [6, 6.07) is 4.10. The molecule has 1 heterocycles. The summed E-state index contributed by atoms with van der Waals surface area (Å²) in [5.74, 6) is 1.60. The van der Waals surface area contributed by atoms with Crippen LogP contribution in [0.1, 0.15) is 84.4 Å². The molecule has 1 saturated carbocycles. The third kappa shape index (κ3) is 5.22. The fourth-order valence-electron chi connectivity index (χ4n) is 4.35. The summed E-state index contributed by atoms with van der Waals surface area (Å²) < 4.78 is 5.51. The molecule has 1 aromatic heterocycles. The summed E-state index contributed by atoms with van der Waals surface area (Å²) >= 11 is 0. The van der Waals surface area contributed by atoms with E-state index < -0.39 is 6.09 Å². The molecule has 160 valence electrons. The fraction of sp³-hybridized carbons (Fsp3) is 0.652. The Bertz CT molecular complexity index is 807. The Morgan fingerprint density at radius 2 is 1.97 bits per heavy atom. The number of carbonyl (C=O) groups excluding carboxylic acids is 1. The molecule has 0 saturated heterocycles. The number of ether oxygens (including phenoxy) is 1. The third-order valence-electron chi connectivity index (χ3n) is 5.95. The Labute approximate surface area is 174 Å². The maximum atomic E-state index is 12.5. The van der Waals surface area contributed by atoms with Gasteiger partial charge >= 0.3 is 6.09 Å². The molecule has 1 aliphatic rings. The first-order valence-electron chi connectivity index (χ1n) is 11.3. The monoisotopic (exact) mass is 400 g/mol. The Hall–Kier alpha value is -2.24. The van der Waals surface area contributed by atoms with Gasteiger partial charge in [-0.05, 0) is 52.2 Å². The van der Waals surface area contributed by atoms with Crippen LogP contribution in [0.3, 0.4) is 0 Å². The van der Waals surface area contributed by atoms with Gasteiger partial charge in [0.15, 0.2) is 0 Å². The van der Waals surface area contributed by atoms with Crippen LogP contribution in [0.5, 0.6) is 0 Å². The Morgan fingerprint density at radius 1 is 1.24 bits per heavy atom. The molecular formula is C23H36N4O2. The molecular weight excluding hydrogens is 364 g/mol. The first-order valence-corrected chi connectivity index (χ1v) is 11.3. The van der Waals surface area contributed by atoms with Gasteiger partial charge in [0.2, 0.25) is 0 Å². The average Bonchev–Trinajstić information content (AvgIpc) is 3.12. The number of anilines is 2. The molecule has 1 amide bonds. The van der Waals surface area contributed by atoms with E-state index in [0.29, 0.717) is 5.92 Å². The number of nitrogens with one attached hydrogen (secondary N) is 2. The second-order valence-electron chi connectivity index (χ2n) is 8.15. The number of nitrogens with zero attached hydrogens (tertiary/aromatic N) is 2. The lowest BCUT2D eigenvalue weighted by molar-refractivity contribution is 0.115.